The van der Waals surface area contributed by atoms with Crippen LogP contribution in [-0.2, 0) is 6.18 Å². The fourth-order valence-electron chi connectivity index (χ4n) is 3.61. The number of anilines is 1. The van der Waals surface area contributed by atoms with Crippen LogP contribution >= 0.6 is 0 Å². The van der Waals surface area contributed by atoms with E-state index in [0.717, 1.165) is 30.8 Å². The van der Waals surface area contributed by atoms with Crippen LogP contribution in [0.2, 0.25) is 0 Å². The van der Waals surface area contributed by atoms with Gasteiger partial charge in [-0.25, -0.2) is 4.98 Å². The first-order valence-corrected chi connectivity index (χ1v) is 8.67. The lowest BCUT2D eigenvalue weighted by Gasteiger charge is -2.19. The number of carbonyl (C=O) groups is 1. The third kappa shape index (κ3) is 2.92. The predicted molar refractivity (Wildman–Crippen MR) is 99.1 cm³/mol. The second kappa shape index (κ2) is 6.20. The van der Waals surface area contributed by atoms with Gasteiger partial charge in [-0.05, 0) is 57.4 Å². The van der Waals surface area contributed by atoms with E-state index < -0.39 is 11.7 Å². The van der Waals surface area contributed by atoms with Gasteiger partial charge in [-0.3, -0.25) is 4.79 Å². The number of alkyl halides is 3. The molecule has 0 bridgehead atoms. The molecule has 4 rings (SSSR count). The number of halogens is 3. The summed E-state index contributed by atoms with van der Waals surface area (Å²) in [5.41, 5.74) is 1.28. The number of rotatable bonds is 4. The van der Waals surface area contributed by atoms with E-state index in [4.69, 9.17) is 0 Å². The number of pyridine rings is 1. The van der Waals surface area contributed by atoms with E-state index in [0.29, 0.717) is 28.5 Å². The highest BCUT2D eigenvalue weighted by molar-refractivity contribution is 6.30. The van der Waals surface area contributed by atoms with E-state index in [1.807, 2.05) is 31.1 Å². The van der Waals surface area contributed by atoms with Gasteiger partial charge in [0.25, 0.3) is 5.91 Å². The van der Waals surface area contributed by atoms with Gasteiger partial charge in [-0.15, -0.1) is 0 Å². The van der Waals surface area contributed by atoms with Crippen molar-refractivity contribution >= 4 is 33.4 Å². The number of fused-ring (bicyclic) bond motifs is 2. The van der Waals surface area contributed by atoms with Crippen LogP contribution in [0.15, 0.2) is 36.4 Å². The first kappa shape index (κ1) is 17.7. The fraction of sp³-hybridized carbons (Fsp3) is 0.300. The molecule has 0 unspecified atom stereocenters. The SMILES string of the molecule is CN(C)CCCN1C(=O)c2c3cc(C(F)(F)F)ccc3nc3cccc1c23. The van der Waals surface area contributed by atoms with Gasteiger partial charge in [0, 0.05) is 17.3 Å². The minimum Gasteiger partial charge on any atom is -0.309 e. The van der Waals surface area contributed by atoms with E-state index in [9.17, 15) is 18.0 Å². The molecule has 0 atom stereocenters. The maximum absolute atomic E-state index is 13.2. The van der Waals surface area contributed by atoms with Crippen molar-refractivity contribution in [1.82, 2.24) is 9.88 Å². The van der Waals surface area contributed by atoms with Crippen molar-refractivity contribution in [2.45, 2.75) is 12.6 Å². The minimum absolute atomic E-state index is 0.255. The van der Waals surface area contributed by atoms with Crippen molar-refractivity contribution < 1.29 is 18.0 Å². The zero-order valence-electron chi connectivity index (χ0n) is 15.0. The van der Waals surface area contributed by atoms with Gasteiger partial charge < -0.3 is 9.80 Å². The Kier molecular flexibility index (Phi) is 4.07. The quantitative estimate of drug-likeness (QED) is 0.639. The summed E-state index contributed by atoms with van der Waals surface area (Å²) in [4.78, 5) is 21.3. The highest BCUT2D eigenvalue weighted by Gasteiger charge is 2.35. The topological polar surface area (TPSA) is 36.4 Å². The molecule has 2 heterocycles. The molecule has 0 radical (unpaired) electrons. The van der Waals surface area contributed by atoms with Crippen molar-refractivity contribution in [3.8, 4) is 0 Å². The zero-order chi connectivity index (χ0) is 19.3. The number of hydrogen-bond donors (Lipinski definition) is 0. The third-order valence-electron chi connectivity index (χ3n) is 4.84. The molecule has 1 aromatic heterocycles. The van der Waals surface area contributed by atoms with Gasteiger partial charge in [0.05, 0.1) is 27.8 Å². The number of amides is 1. The van der Waals surface area contributed by atoms with Gasteiger partial charge in [0.2, 0.25) is 0 Å². The van der Waals surface area contributed by atoms with Gasteiger partial charge in [-0.1, -0.05) is 6.07 Å². The average Bonchev–Trinajstić information content (AvgIpc) is 2.88. The Morgan fingerprint density at radius 2 is 1.89 bits per heavy atom. The Morgan fingerprint density at radius 1 is 1.11 bits per heavy atom. The van der Waals surface area contributed by atoms with Crippen LogP contribution in [0.25, 0.3) is 21.8 Å². The second-order valence-corrected chi connectivity index (χ2v) is 7.00. The molecule has 1 aliphatic rings. The van der Waals surface area contributed by atoms with Gasteiger partial charge in [0.1, 0.15) is 0 Å². The molecule has 1 amide bonds. The highest BCUT2D eigenvalue weighted by atomic mass is 19.4. The molecule has 0 saturated heterocycles. The Labute approximate surface area is 154 Å². The molecule has 2 aromatic carbocycles. The van der Waals surface area contributed by atoms with Crippen molar-refractivity contribution in [2.24, 2.45) is 0 Å². The highest BCUT2D eigenvalue weighted by Crippen LogP contribution is 2.41. The molecule has 140 valence electrons. The summed E-state index contributed by atoms with van der Waals surface area (Å²) in [5, 5.41) is 0.893. The summed E-state index contributed by atoms with van der Waals surface area (Å²) < 4.78 is 39.5. The van der Waals surface area contributed by atoms with Crippen molar-refractivity contribution in [3.05, 3.63) is 47.5 Å². The molecule has 0 aliphatic carbocycles. The van der Waals surface area contributed by atoms with E-state index >= 15 is 0 Å². The number of nitrogens with zero attached hydrogens (tertiary/aromatic N) is 3. The van der Waals surface area contributed by atoms with Crippen LogP contribution in [0.3, 0.4) is 0 Å². The summed E-state index contributed by atoms with van der Waals surface area (Å²) in [6.07, 6.45) is -3.70. The summed E-state index contributed by atoms with van der Waals surface area (Å²) in [6.45, 7) is 1.32. The van der Waals surface area contributed by atoms with Crippen LogP contribution in [-0.4, -0.2) is 43.0 Å². The van der Waals surface area contributed by atoms with Crippen LogP contribution < -0.4 is 4.90 Å². The lowest BCUT2D eigenvalue weighted by Crippen LogP contribution is -2.30. The maximum atomic E-state index is 13.2. The molecule has 4 nitrogen and oxygen atoms in total. The molecule has 1 aliphatic heterocycles. The maximum Gasteiger partial charge on any atom is 0.416 e. The van der Waals surface area contributed by atoms with Crippen molar-refractivity contribution in [1.29, 1.82) is 0 Å². The lowest BCUT2D eigenvalue weighted by atomic mass is 10.0. The molecule has 27 heavy (non-hydrogen) atoms. The molecule has 0 N–H and O–H groups in total. The van der Waals surface area contributed by atoms with Crippen LogP contribution in [0.5, 0.6) is 0 Å². The Hall–Kier alpha value is -2.67. The van der Waals surface area contributed by atoms with Crippen LogP contribution in [0, 0.1) is 0 Å². The first-order valence-electron chi connectivity index (χ1n) is 8.67. The number of carbonyl (C=O) groups excluding carboxylic acids is 1. The van der Waals surface area contributed by atoms with E-state index in [1.54, 1.807) is 11.0 Å². The lowest BCUT2D eigenvalue weighted by molar-refractivity contribution is -0.137. The smallest absolute Gasteiger partial charge is 0.309 e. The molecular weight excluding hydrogens is 355 g/mol. The van der Waals surface area contributed by atoms with Crippen LogP contribution in [0.4, 0.5) is 18.9 Å². The largest absolute Gasteiger partial charge is 0.416 e. The molecular formula is C20H18F3N3O. The Morgan fingerprint density at radius 3 is 2.59 bits per heavy atom. The first-order chi connectivity index (χ1) is 12.8. The van der Waals surface area contributed by atoms with Gasteiger partial charge in [0.15, 0.2) is 0 Å². The molecule has 0 saturated carbocycles. The van der Waals surface area contributed by atoms with Crippen LogP contribution in [0.1, 0.15) is 22.3 Å². The standard InChI is InChI=1S/C20H18F3N3O/c1-25(2)9-4-10-26-16-6-3-5-15-18(16)17(19(26)27)13-11-12(20(21,22)23)7-8-14(13)24-15/h3,5-8,11H,4,9-10H2,1-2H3. The monoisotopic (exact) mass is 373 g/mol. The zero-order valence-corrected chi connectivity index (χ0v) is 15.0. The molecule has 0 spiro atoms. The number of hydrogen-bond acceptors (Lipinski definition) is 3. The molecule has 3 aromatic rings. The second-order valence-electron chi connectivity index (χ2n) is 7.00. The van der Waals surface area contributed by atoms with E-state index in [2.05, 4.69) is 4.98 Å². The van der Waals surface area contributed by atoms with E-state index in [1.165, 1.54) is 6.07 Å². The van der Waals surface area contributed by atoms with E-state index in [-0.39, 0.29) is 11.3 Å². The van der Waals surface area contributed by atoms with Crippen molar-refractivity contribution in [2.75, 3.05) is 32.1 Å². The molecule has 0 fully saturated rings. The number of benzene rings is 2. The minimum atomic E-state index is -4.47. The number of aromatic nitrogens is 1. The average molecular weight is 373 g/mol. The summed E-state index contributed by atoms with van der Waals surface area (Å²) in [7, 11) is 3.91. The summed E-state index contributed by atoms with van der Waals surface area (Å²) in [6, 6.07) is 8.81. The van der Waals surface area contributed by atoms with Crippen molar-refractivity contribution in [3.63, 3.8) is 0 Å². The fourth-order valence-corrected chi connectivity index (χ4v) is 3.61. The Balaban J connectivity index is 1.89. The normalized spacial score (nSPS) is 14.1. The summed E-state index contributed by atoms with van der Waals surface area (Å²) in [5.74, 6) is -0.258. The Bertz CT molecular complexity index is 1060. The van der Waals surface area contributed by atoms with Gasteiger partial charge >= 0.3 is 6.18 Å². The summed E-state index contributed by atoms with van der Waals surface area (Å²) >= 11 is 0. The molecule has 7 heteroatoms. The van der Waals surface area contributed by atoms with Gasteiger partial charge in [-0.2, -0.15) is 13.2 Å². The third-order valence-corrected chi connectivity index (χ3v) is 4.84. The predicted octanol–water partition coefficient (Wildman–Crippen LogP) is 4.32.